The van der Waals surface area contributed by atoms with E-state index in [0.29, 0.717) is 13.1 Å². The van der Waals surface area contributed by atoms with Gasteiger partial charge in [-0.15, -0.1) is 0 Å². The Bertz CT molecular complexity index is 328. The van der Waals surface area contributed by atoms with Gasteiger partial charge >= 0.3 is 0 Å². The van der Waals surface area contributed by atoms with Gasteiger partial charge in [0.1, 0.15) is 6.04 Å². The zero-order valence-electron chi connectivity index (χ0n) is 9.45. The number of rotatable bonds is 1. The first-order chi connectivity index (χ1) is 7.66. The summed E-state index contributed by atoms with van der Waals surface area (Å²) in [5.74, 6) is 0.0437. The van der Waals surface area contributed by atoms with Crippen LogP contribution in [-0.2, 0) is 9.59 Å². The van der Waals surface area contributed by atoms with Gasteiger partial charge in [-0.1, -0.05) is 11.6 Å². The molecule has 2 amide bonds. The lowest BCUT2D eigenvalue weighted by Gasteiger charge is -2.31. The van der Waals surface area contributed by atoms with Gasteiger partial charge in [0.15, 0.2) is 0 Å². The summed E-state index contributed by atoms with van der Waals surface area (Å²) in [6, 6.07) is -0.260. The maximum atomic E-state index is 12.0. The molecule has 0 aliphatic carbocycles. The Kier molecular flexibility index (Phi) is 3.24. The Morgan fingerprint density at radius 1 is 1.56 bits per heavy atom. The molecular weight excluding hydrogens is 206 g/mol. The highest BCUT2D eigenvalue weighted by Crippen LogP contribution is 2.10. The van der Waals surface area contributed by atoms with Crippen molar-refractivity contribution in [1.29, 1.82) is 0 Å². The predicted octanol–water partition coefficient (Wildman–Crippen LogP) is -0.747. The SMILES string of the molecule is CC1=CCN(C(=O)C2CNC(=O)CN2)CC1. The third-order valence-corrected chi connectivity index (χ3v) is 3.06. The molecule has 1 saturated heterocycles. The summed E-state index contributed by atoms with van der Waals surface area (Å²) in [6.07, 6.45) is 3.04. The van der Waals surface area contributed by atoms with Gasteiger partial charge in [0.25, 0.3) is 0 Å². The molecule has 0 bridgehead atoms. The normalized spacial score (nSPS) is 26.1. The molecular formula is C11H17N3O2. The lowest BCUT2D eigenvalue weighted by Crippen LogP contribution is -2.59. The number of piperazine rings is 1. The van der Waals surface area contributed by atoms with Gasteiger partial charge in [-0.2, -0.15) is 0 Å². The quantitative estimate of drug-likeness (QED) is 0.575. The molecule has 1 atom stereocenters. The Morgan fingerprint density at radius 3 is 2.94 bits per heavy atom. The summed E-state index contributed by atoms with van der Waals surface area (Å²) in [5, 5.41) is 5.65. The largest absolute Gasteiger partial charge is 0.353 e. The summed E-state index contributed by atoms with van der Waals surface area (Å²) in [4.78, 5) is 24.8. The molecule has 0 aromatic heterocycles. The summed E-state index contributed by atoms with van der Waals surface area (Å²) >= 11 is 0. The molecule has 16 heavy (non-hydrogen) atoms. The third-order valence-electron chi connectivity index (χ3n) is 3.06. The van der Waals surface area contributed by atoms with Crippen LogP contribution in [0.1, 0.15) is 13.3 Å². The highest BCUT2D eigenvalue weighted by molar-refractivity contribution is 5.87. The number of carbonyl (C=O) groups excluding carboxylic acids is 2. The lowest BCUT2D eigenvalue weighted by atomic mass is 10.1. The van der Waals surface area contributed by atoms with Gasteiger partial charge in [0.05, 0.1) is 6.54 Å². The van der Waals surface area contributed by atoms with Crippen molar-refractivity contribution < 1.29 is 9.59 Å². The molecule has 2 heterocycles. The van der Waals surface area contributed by atoms with Crippen LogP contribution < -0.4 is 10.6 Å². The smallest absolute Gasteiger partial charge is 0.241 e. The van der Waals surface area contributed by atoms with Gasteiger partial charge in [-0.05, 0) is 13.3 Å². The van der Waals surface area contributed by atoms with E-state index in [4.69, 9.17) is 0 Å². The van der Waals surface area contributed by atoms with Crippen LogP contribution in [0.2, 0.25) is 0 Å². The number of amides is 2. The molecule has 0 saturated carbocycles. The Balaban J connectivity index is 1.90. The molecule has 2 aliphatic heterocycles. The minimum Gasteiger partial charge on any atom is -0.353 e. The molecule has 2 aliphatic rings. The fourth-order valence-corrected chi connectivity index (χ4v) is 1.93. The molecule has 0 spiro atoms. The topological polar surface area (TPSA) is 61.4 Å². The highest BCUT2D eigenvalue weighted by atomic mass is 16.2. The second-order valence-electron chi connectivity index (χ2n) is 4.32. The van der Waals surface area contributed by atoms with Crippen LogP contribution in [0.3, 0.4) is 0 Å². The standard InChI is InChI=1S/C11H17N3O2/c1-8-2-4-14(5-3-8)11(16)9-6-13-10(15)7-12-9/h2,9,12H,3-7H2,1H3,(H,13,15). The summed E-state index contributed by atoms with van der Waals surface area (Å²) in [5.41, 5.74) is 1.34. The summed E-state index contributed by atoms with van der Waals surface area (Å²) in [6.45, 7) is 4.20. The predicted molar refractivity (Wildman–Crippen MR) is 59.8 cm³/mol. The third kappa shape index (κ3) is 2.41. The number of nitrogens with one attached hydrogen (secondary N) is 2. The summed E-state index contributed by atoms with van der Waals surface area (Å²) in [7, 11) is 0. The Hall–Kier alpha value is -1.36. The molecule has 1 fully saturated rings. The van der Waals surface area contributed by atoms with Gasteiger partial charge in [-0.25, -0.2) is 0 Å². The maximum absolute atomic E-state index is 12.0. The molecule has 1 unspecified atom stereocenters. The maximum Gasteiger partial charge on any atom is 0.241 e. The minimum absolute atomic E-state index is 0.0431. The van der Waals surface area contributed by atoms with Gasteiger partial charge in [0.2, 0.25) is 11.8 Å². The number of carbonyl (C=O) groups is 2. The molecule has 5 nitrogen and oxygen atoms in total. The van der Waals surface area contributed by atoms with Crippen molar-refractivity contribution >= 4 is 11.8 Å². The van der Waals surface area contributed by atoms with Crippen molar-refractivity contribution in [3.63, 3.8) is 0 Å². The van der Waals surface area contributed by atoms with E-state index in [9.17, 15) is 9.59 Å². The average Bonchev–Trinajstić information content (AvgIpc) is 2.30. The van der Waals surface area contributed by atoms with E-state index in [-0.39, 0.29) is 24.4 Å². The van der Waals surface area contributed by atoms with Crippen LogP contribution in [0.5, 0.6) is 0 Å². The monoisotopic (exact) mass is 223 g/mol. The first kappa shape index (κ1) is 11.1. The molecule has 2 N–H and O–H groups in total. The second kappa shape index (κ2) is 4.65. The molecule has 2 rings (SSSR count). The first-order valence-electron chi connectivity index (χ1n) is 5.61. The Morgan fingerprint density at radius 2 is 2.38 bits per heavy atom. The molecule has 88 valence electrons. The van der Waals surface area contributed by atoms with E-state index in [2.05, 4.69) is 23.6 Å². The van der Waals surface area contributed by atoms with Crippen molar-refractivity contribution in [2.75, 3.05) is 26.2 Å². The fraction of sp³-hybridized carbons (Fsp3) is 0.636. The average molecular weight is 223 g/mol. The van der Waals surface area contributed by atoms with E-state index in [1.807, 2.05) is 4.90 Å². The van der Waals surface area contributed by atoms with E-state index >= 15 is 0 Å². The highest BCUT2D eigenvalue weighted by Gasteiger charge is 2.28. The zero-order chi connectivity index (χ0) is 11.5. The molecule has 5 heteroatoms. The van der Waals surface area contributed by atoms with Crippen molar-refractivity contribution in [2.24, 2.45) is 0 Å². The van der Waals surface area contributed by atoms with E-state index in [0.717, 1.165) is 13.0 Å². The lowest BCUT2D eigenvalue weighted by molar-refractivity contribution is -0.134. The fourth-order valence-electron chi connectivity index (χ4n) is 1.93. The summed E-state index contributed by atoms with van der Waals surface area (Å²) < 4.78 is 0. The van der Waals surface area contributed by atoms with Gasteiger partial charge in [0, 0.05) is 19.6 Å². The number of nitrogens with zero attached hydrogens (tertiary/aromatic N) is 1. The zero-order valence-corrected chi connectivity index (χ0v) is 9.45. The molecule has 0 aromatic rings. The number of hydrogen-bond acceptors (Lipinski definition) is 3. The van der Waals surface area contributed by atoms with Crippen LogP contribution in [0.25, 0.3) is 0 Å². The molecule has 0 radical (unpaired) electrons. The van der Waals surface area contributed by atoms with Crippen molar-refractivity contribution in [2.45, 2.75) is 19.4 Å². The second-order valence-corrected chi connectivity index (χ2v) is 4.32. The molecule has 0 aromatic carbocycles. The van der Waals surface area contributed by atoms with Crippen LogP contribution >= 0.6 is 0 Å². The Labute approximate surface area is 94.9 Å². The first-order valence-corrected chi connectivity index (χ1v) is 5.61. The van der Waals surface area contributed by atoms with E-state index < -0.39 is 0 Å². The van der Waals surface area contributed by atoms with Crippen molar-refractivity contribution in [1.82, 2.24) is 15.5 Å². The van der Waals surface area contributed by atoms with Crippen LogP contribution in [0.4, 0.5) is 0 Å². The van der Waals surface area contributed by atoms with Crippen molar-refractivity contribution in [3.05, 3.63) is 11.6 Å². The number of hydrogen-bond donors (Lipinski definition) is 2. The van der Waals surface area contributed by atoms with E-state index in [1.165, 1.54) is 5.57 Å². The van der Waals surface area contributed by atoms with Crippen LogP contribution in [0, 0.1) is 0 Å². The van der Waals surface area contributed by atoms with Crippen molar-refractivity contribution in [3.8, 4) is 0 Å². The van der Waals surface area contributed by atoms with Gasteiger partial charge < -0.3 is 10.2 Å². The minimum atomic E-state index is -0.260. The van der Waals surface area contributed by atoms with Gasteiger partial charge in [-0.3, -0.25) is 14.9 Å². The van der Waals surface area contributed by atoms with Crippen LogP contribution in [-0.4, -0.2) is 48.9 Å². The van der Waals surface area contributed by atoms with E-state index in [1.54, 1.807) is 0 Å². The van der Waals surface area contributed by atoms with Crippen LogP contribution in [0.15, 0.2) is 11.6 Å².